The van der Waals surface area contributed by atoms with Crippen LogP contribution in [-0.2, 0) is 104 Å². The third-order valence-electron chi connectivity index (χ3n) is 15.7. The zero-order valence-corrected chi connectivity index (χ0v) is 62.3. The van der Waals surface area contributed by atoms with Gasteiger partial charge in [0.05, 0.1) is 225 Å². The van der Waals surface area contributed by atoms with E-state index in [4.69, 9.17) is 104 Å². The highest BCUT2D eigenvalue weighted by Crippen LogP contribution is 2.28. The molecule has 0 aromatic rings. The highest BCUT2D eigenvalue weighted by molar-refractivity contribution is 4.82. The summed E-state index contributed by atoms with van der Waals surface area (Å²) in [5, 5.41) is 0. The van der Waals surface area contributed by atoms with Crippen LogP contribution >= 0.6 is 0 Å². The van der Waals surface area contributed by atoms with Crippen molar-refractivity contribution >= 4 is 0 Å². The maximum atomic E-state index is 6.75. The molecule has 0 aliphatic heterocycles. The van der Waals surface area contributed by atoms with E-state index in [1.807, 2.05) is 0 Å². The lowest BCUT2D eigenvalue weighted by Gasteiger charge is -2.34. The number of rotatable bonds is 81. The van der Waals surface area contributed by atoms with Crippen LogP contribution in [0.4, 0.5) is 0 Å². The van der Waals surface area contributed by atoms with Crippen LogP contribution in [0.25, 0.3) is 0 Å². The Morgan fingerprint density at radius 3 is 0.436 bits per heavy atom. The van der Waals surface area contributed by atoms with E-state index in [1.165, 1.54) is 0 Å². The summed E-state index contributed by atoms with van der Waals surface area (Å²) in [7, 11) is 0. The number of hydrogen-bond acceptors (Lipinski definition) is 22. The highest BCUT2D eigenvalue weighted by Gasteiger charge is 2.35. The van der Waals surface area contributed by atoms with Crippen LogP contribution in [0, 0.1) is 21.7 Å². The summed E-state index contributed by atoms with van der Waals surface area (Å²) in [5.74, 6) is 0. The van der Waals surface area contributed by atoms with Crippen LogP contribution in [-0.4, -0.2) is 290 Å². The quantitative estimate of drug-likeness (QED) is 0.0520. The summed E-state index contributed by atoms with van der Waals surface area (Å²) in [5.41, 5.74) is -1.76. The molecule has 0 aromatic carbocycles. The minimum Gasteiger partial charge on any atom is -0.379 e. The Morgan fingerprint density at radius 1 is 0.160 bits per heavy atom. The van der Waals surface area contributed by atoms with Gasteiger partial charge in [0.2, 0.25) is 0 Å². The standard InChI is InChI=1S/C72H146O22/c1-13-25-73-33-41-81-55-69(21-9,56-82-42-34-74-26-14-2)63-89-51-67(52-90-64-70(22-10,57-83-43-35-75-27-15-3)58-84-44-36-76-28-16-4)93-49-50-94-68(53-91-65-71(23-11,59-85-45-37-77-29-17-5)60-86-46-38-78-30-18-6)54-92-66-72(24-12,61-87-47-39-79-31-19-7)62-88-48-40-80-32-20-8/h67-68H,13-66H2,1-12H3. The summed E-state index contributed by atoms with van der Waals surface area (Å²) < 4.78 is 136. The van der Waals surface area contributed by atoms with E-state index in [2.05, 4.69) is 83.1 Å². The van der Waals surface area contributed by atoms with Crippen LogP contribution in [0.1, 0.15) is 160 Å². The molecule has 0 aliphatic rings. The molecule has 0 N–H and O–H groups in total. The summed E-state index contributed by atoms with van der Waals surface area (Å²) in [6, 6.07) is 0. The molecule has 0 aromatic heterocycles. The maximum Gasteiger partial charge on any atom is 0.104 e. The molecule has 22 heteroatoms. The molecule has 0 atom stereocenters. The lowest BCUT2D eigenvalue weighted by molar-refractivity contribution is -0.139. The smallest absolute Gasteiger partial charge is 0.104 e. The monoisotopic (exact) mass is 1360 g/mol. The Labute approximate surface area is 573 Å². The van der Waals surface area contributed by atoms with E-state index in [-0.39, 0.29) is 39.6 Å². The van der Waals surface area contributed by atoms with Gasteiger partial charge in [-0.15, -0.1) is 0 Å². The van der Waals surface area contributed by atoms with E-state index in [9.17, 15) is 0 Å². The maximum absolute atomic E-state index is 6.75. The Kier molecular flexibility index (Phi) is 68.6. The Balaban J connectivity index is 7.05. The van der Waals surface area contributed by atoms with Crippen molar-refractivity contribution in [2.24, 2.45) is 21.7 Å². The second-order valence-corrected chi connectivity index (χ2v) is 24.8. The van der Waals surface area contributed by atoms with Crippen molar-refractivity contribution in [1.29, 1.82) is 0 Å². The fraction of sp³-hybridized carbons (Fsp3) is 1.00. The van der Waals surface area contributed by atoms with Gasteiger partial charge < -0.3 is 104 Å². The molecule has 22 nitrogen and oxygen atoms in total. The fourth-order valence-electron chi connectivity index (χ4n) is 9.29. The van der Waals surface area contributed by atoms with Gasteiger partial charge >= 0.3 is 0 Å². The molecule has 94 heavy (non-hydrogen) atoms. The first-order chi connectivity index (χ1) is 46.1. The van der Waals surface area contributed by atoms with Crippen molar-refractivity contribution in [2.75, 3.05) is 277 Å². The summed E-state index contributed by atoms with van der Waals surface area (Å²) in [6.07, 6.45) is 9.67. The van der Waals surface area contributed by atoms with Gasteiger partial charge in [0.25, 0.3) is 0 Å². The van der Waals surface area contributed by atoms with Crippen molar-refractivity contribution in [3.63, 3.8) is 0 Å². The molecule has 0 unspecified atom stereocenters. The van der Waals surface area contributed by atoms with Gasteiger partial charge in [-0.3, -0.25) is 0 Å². The Morgan fingerprint density at radius 2 is 0.298 bits per heavy atom. The third-order valence-corrected chi connectivity index (χ3v) is 15.7. The molecule has 0 spiro atoms. The summed E-state index contributed by atoms with van der Waals surface area (Å²) >= 11 is 0. The molecular weight excluding hydrogens is 1220 g/mol. The van der Waals surface area contributed by atoms with E-state index in [0.29, 0.717) is 238 Å². The normalized spacial score (nSPS) is 12.7. The van der Waals surface area contributed by atoms with Crippen molar-refractivity contribution in [2.45, 2.75) is 172 Å². The fourth-order valence-corrected chi connectivity index (χ4v) is 9.29. The molecule has 0 aliphatic carbocycles. The van der Waals surface area contributed by atoms with Crippen molar-refractivity contribution < 1.29 is 104 Å². The van der Waals surface area contributed by atoms with Gasteiger partial charge in [-0.25, -0.2) is 0 Å². The number of ether oxygens (including phenoxy) is 22. The van der Waals surface area contributed by atoms with Crippen LogP contribution in [0.2, 0.25) is 0 Å². The molecule has 566 valence electrons. The average molecular weight is 1360 g/mol. The van der Waals surface area contributed by atoms with E-state index in [1.54, 1.807) is 0 Å². The van der Waals surface area contributed by atoms with Gasteiger partial charge in [-0.2, -0.15) is 0 Å². The topological polar surface area (TPSA) is 203 Å². The predicted octanol–water partition coefficient (Wildman–Crippen LogP) is 11.0. The molecule has 0 bridgehead atoms. The van der Waals surface area contributed by atoms with Gasteiger partial charge in [0, 0.05) is 74.5 Å². The lowest BCUT2D eigenvalue weighted by Crippen LogP contribution is -2.41. The second-order valence-electron chi connectivity index (χ2n) is 24.8. The summed E-state index contributed by atoms with van der Waals surface area (Å²) in [6.45, 7) is 45.3. The van der Waals surface area contributed by atoms with Crippen molar-refractivity contribution in [3.05, 3.63) is 0 Å². The average Bonchev–Trinajstić information content (AvgIpc) is 1.41. The third kappa shape index (κ3) is 53.0. The molecule has 0 rings (SSSR count). The molecule has 0 heterocycles. The number of hydrogen-bond donors (Lipinski definition) is 0. The van der Waals surface area contributed by atoms with Crippen LogP contribution < -0.4 is 0 Å². The molecule has 0 saturated carbocycles. The SMILES string of the molecule is CCCOCCOCC(CC)(COCCOCCC)COCC(COCC(CC)(COCCOCCC)COCCOCCC)OCCOC(COCC(CC)(COCCOCCC)COCCOCCC)COCC(CC)(COCCOCCC)COCCOCCC. The summed E-state index contributed by atoms with van der Waals surface area (Å²) in [4.78, 5) is 0. The second kappa shape index (κ2) is 69.2. The van der Waals surface area contributed by atoms with Crippen LogP contribution in [0.5, 0.6) is 0 Å². The predicted molar refractivity (Wildman–Crippen MR) is 369 cm³/mol. The first-order valence-corrected chi connectivity index (χ1v) is 36.9. The van der Waals surface area contributed by atoms with E-state index < -0.39 is 33.9 Å². The minimum absolute atomic E-state index is 0.233. The van der Waals surface area contributed by atoms with Crippen LogP contribution in [0.3, 0.4) is 0 Å². The van der Waals surface area contributed by atoms with Gasteiger partial charge in [0.15, 0.2) is 0 Å². The molecule has 0 amide bonds. The largest absolute Gasteiger partial charge is 0.379 e. The van der Waals surface area contributed by atoms with Gasteiger partial charge in [0.1, 0.15) is 12.2 Å². The Bertz CT molecular complexity index is 1220. The minimum atomic E-state index is -0.480. The molecular formula is C72H146O22. The van der Waals surface area contributed by atoms with E-state index in [0.717, 1.165) is 77.0 Å². The molecule has 0 radical (unpaired) electrons. The van der Waals surface area contributed by atoms with Crippen LogP contribution in [0.15, 0.2) is 0 Å². The zero-order chi connectivity index (χ0) is 68.9. The first kappa shape index (κ1) is 93.1. The Hall–Kier alpha value is -0.880. The van der Waals surface area contributed by atoms with E-state index >= 15 is 0 Å². The van der Waals surface area contributed by atoms with Gasteiger partial charge in [-0.1, -0.05) is 83.1 Å². The molecule has 0 saturated heterocycles. The van der Waals surface area contributed by atoms with Crippen molar-refractivity contribution in [3.8, 4) is 0 Å². The first-order valence-electron chi connectivity index (χ1n) is 36.9. The molecule has 0 fully saturated rings. The highest BCUT2D eigenvalue weighted by atomic mass is 16.6. The lowest BCUT2D eigenvalue weighted by atomic mass is 9.88. The van der Waals surface area contributed by atoms with Crippen molar-refractivity contribution in [1.82, 2.24) is 0 Å². The van der Waals surface area contributed by atoms with Gasteiger partial charge in [-0.05, 0) is 77.0 Å². The zero-order valence-electron chi connectivity index (χ0n) is 62.3.